The van der Waals surface area contributed by atoms with Gasteiger partial charge < -0.3 is 4.57 Å². The van der Waals surface area contributed by atoms with Gasteiger partial charge in [0.25, 0.3) is 0 Å². The fourth-order valence-corrected chi connectivity index (χ4v) is 4.24. The van der Waals surface area contributed by atoms with Crippen LogP contribution in [0.1, 0.15) is 0 Å². The number of rotatable bonds is 4. The van der Waals surface area contributed by atoms with Gasteiger partial charge in [0.15, 0.2) is 0 Å². The van der Waals surface area contributed by atoms with E-state index in [1.807, 2.05) is 64.8 Å². The Bertz CT molecular complexity index is 1510. The molecule has 0 fully saturated rings. The van der Waals surface area contributed by atoms with E-state index in [-0.39, 0.29) is 20.1 Å². The number of tetrazole rings is 1. The van der Waals surface area contributed by atoms with E-state index in [0.29, 0.717) is 5.82 Å². The fourth-order valence-electron chi connectivity index (χ4n) is 4.24. The molecule has 6 rings (SSSR count). The predicted octanol–water partition coefficient (Wildman–Crippen LogP) is 5.35. The van der Waals surface area contributed by atoms with Crippen molar-refractivity contribution in [2.75, 3.05) is 0 Å². The summed E-state index contributed by atoms with van der Waals surface area (Å²) in [6.45, 7) is 0. The summed E-state index contributed by atoms with van der Waals surface area (Å²) in [6.07, 6.45) is 1.80. The Balaban J connectivity index is 0.00000241. The summed E-state index contributed by atoms with van der Waals surface area (Å²) >= 11 is 0. The molecule has 6 nitrogen and oxygen atoms in total. The number of para-hydroxylation sites is 1. The Morgan fingerprint density at radius 2 is 1.41 bits per heavy atom. The van der Waals surface area contributed by atoms with Crippen molar-refractivity contribution >= 4 is 11.0 Å². The van der Waals surface area contributed by atoms with E-state index in [4.69, 9.17) is 0 Å². The number of benzene rings is 4. The molecule has 0 spiro atoms. The van der Waals surface area contributed by atoms with E-state index in [1.54, 1.807) is 6.33 Å². The number of imidazole rings is 1. The minimum Gasteiger partial charge on any atom is -0.352 e. The minimum absolute atomic E-state index is 0. The Labute approximate surface area is 210 Å². The smallest absolute Gasteiger partial charge is 0.106 e. The van der Waals surface area contributed by atoms with Gasteiger partial charge >= 0.3 is 0 Å². The SMILES string of the molecule is Cn1cnc2c(-c3nnnn3-c3c(-c4ccccc4)cccc3-c3ccccc3)[c-]ccc21.[Ir]. The third-order valence-electron chi connectivity index (χ3n) is 5.80. The zero-order valence-corrected chi connectivity index (χ0v) is 20.6. The van der Waals surface area contributed by atoms with E-state index in [9.17, 15) is 0 Å². The van der Waals surface area contributed by atoms with E-state index in [2.05, 4.69) is 69.0 Å². The second kappa shape index (κ2) is 9.14. The van der Waals surface area contributed by atoms with Gasteiger partial charge in [-0.2, -0.15) is 5.10 Å². The number of fused-ring (bicyclic) bond motifs is 1. The van der Waals surface area contributed by atoms with Gasteiger partial charge in [0.2, 0.25) is 0 Å². The van der Waals surface area contributed by atoms with Gasteiger partial charge in [-0.25, -0.2) is 4.68 Å². The molecular formula is C27H19IrN6-. The molecule has 7 heteroatoms. The molecule has 0 N–H and O–H groups in total. The Kier molecular flexibility index (Phi) is 5.88. The van der Waals surface area contributed by atoms with Crippen LogP contribution in [0.25, 0.3) is 50.4 Å². The molecule has 0 atom stereocenters. The summed E-state index contributed by atoms with van der Waals surface area (Å²) in [6, 6.07) is 34.1. The predicted molar refractivity (Wildman–Crippen MR) is 129 cm³/mol. The van der Waals surface area contributed by atoms with Crippen molar-refractivity contribution in [1.82, 2.24) is 29.8 Å². The van der Waals surface area contributed by atoms with Crippen molar-refractivity contribution < 1.29 is 20.1 Å². The number of nitrogens with zero attached hydrogens (tertiary/aromatic N) is 6. The van der Waals surface area contributed by atoms with Crippen LogP contribution >= 0.6 is 0 Å². The van der Waals surface area contributed by atoms with Crippen molar-refractivity contribution in [3.8, 4) is 39.3 Å². The van der Waals surface area contributed by atoms with E-state index < -0.39 is 0 Å². The largest absolute Gasteiger partial charge is 0.352 e. The summed E-state index contributed by atoms with van der Waals surface area (Å²) in [4.78, 5) is 4.59. The zero-order chi connectivity index (χ0) is 22.2. The maximum atomic E-state index is 4.59. The van der Waals surface area contributed by atoms with E-state index >= 15 is 0 Å². The van der Waals surface area contributed by atoms with Crippen LogP contribution in [0.4, 0.5) is 0 Å². The molecule has 0 bridgehead atoms. The van der Waals surface area contributed by atoms with Gasteiger partial charge in [-0.15, -0.1) is 18.2 Å². The quantitative estimate of drug-likeness (QED) is 0.250. The summed E-state index contributed by atoms with van der Waals surface area (Å²) < 4.78 is 3.79. The molecule has 6 aromatic rings. The molecule has 0 aliphatic carbocycles. The molecular weight excluding hydrogens is 601 g/mol. The normalized spacial score (nSPS) is 10.9. The standard InChI is InChI=1S/C27H19N6.Ir/c1-32-18-28-25-23(16-9-17-24(25)32)27-29-30-31-33(27)26-21(19-10-4-2-5-11-19)14-8-15-22(26)20-12-6-3-7-13-20;/h2-15,17-18H,1H3;/q-1;. The topological polar surface area (TPSA) is 61.4 Å². The third-order valence-corrected chi connectivity index (χ3v) is 5.80. The Morgan fingerprint density at radius 3 is 2.06 bits per heavy atom. The van der Waals surface area contributed by atoms with E-state index in [1.165, 1.54) is 0 Å². The first-order chi connectivity index (χ1) is 16.3. The molecule has 0 aliphatic rings. The van der Waals surface area contributed by atoms with Crippen LogP contribution in [0.2, 0.25) is 0 Å². The molecule has 1 radical (unpaired) electrons. The Hall–Kier alpha value is -3.93. The molecule has 34 heavy (non-hydrogen) atoms. The monoisotopic (exact) mass is 620 g/mol. The maximum Gasteiger partial charge on any atom is 0.106 e. The van der Waals surface area contributed by atoms with Gasteiger partial charge in [0, 0.05) is 43.8 Å². The van der Waals surface area contributed by atoms with Crippen LogP contribution in [-0.2, 0) is 27.2 Å². The van der Waals surface area contributed by atoms with Gasteiger partial charge in [-0.1, -0.05) is 84.4 Å². The Morgan fingerprint density at radius 1 is 0.765 bits per heavy atom. The molecule has 2 aromatic heterocycles. The summed E-state index contributed by atoms with van der Waals surface area (Å²) in [5.74, 6) is 0.597. The van der Waals surface area contributed by atoms with Crippen LogP contribution in [-0.4, -0.2) is 29.8 Å². The van der Waals surface area contributed by atoms with Crippen molar-refractivity contribution in [2.24, 2.45) is 7.05 Å². The van der Waals surface area contributed by atoms with E-state index in [0.717, 1.165) is 44.5 Å². The third kappa shape index (κ3) is 3.65. The summed E-state index contributed by atoms with van der Waals surface area (Å²) in [5.41, 5.74) is 7.75. The molecule has 0 saturated carbocycles. The van der Waals surface area contributed by atoms with Crippen molar-refractivity contribution in [1.29, 1.82) is 0 Å². The van der Waals surface area contributed by atoms with Crippen molar-refractivity contribution in [3.63, 3.8) is 0 Å². The molecule has 0 amide bonds. The molecule has 4 aromatic carbocycles. The van der Waals surface area contributed by atoms with Crippen LogP contribution < -0.4 is 0 Å². The average Bonchev–Trinajstić information content (AvgIpc) is 3.52. The second-order valence-electron chi connectivity index (χ2n) is 7.79. The van der Waals surface area contributed by atoms with Gasteiger partial charge in [-0.3, -0.25) is 4.98 Å². The van der Waals surface area contributed by atoms with Crippen molar-refractivity contribution in [2.45, 2.75) is 0 Å². The first-order valence-corrected chi connectivity index (χ1v) is 10.7. The number of aromatic nitrogens is 6. The van der Waals surface area contributed by atoms with Crippen molar-refractivity contribution in [3.05, 3.63) is 103 Å². The zero-order valence-electron chi connectivity index (χ0n) is 18.3. The summed E-state index contributed by atoms with van der Waals surface area (Å²) in [5, 5.41) is 12.9. The first-order valence-electron chi connectivity index (χ1n) is 10.7. The first kappa shape index (κ1) is 21.9. The summed E-state index contributed by atoms with van der Waals surface area (Å²) in [7, 11) is 1.97. The number of hydrogen-bond donors (Lipinski definition) is 0. The molecule has 0 aliphatic heterocycles. The van der Waals surface area contributed by atoms with Crippen LogP contribution in [0, 0.1) is 6.07 Å². The number of hydrogen-bond acceptors (Lipinski definition) is 4. The second-order valence-corrected chi connectivity index (χ2v) is 7.79. The fraction of sp³-hybridized carbons (Fsp3) is 0.0370. The minimum atomic E-state index is 0. The maximum absolute atomic E-state index is 4.59. The molecule has 0 unspecified atom stereocenters. The molecule has 2 heterocycles. The molecule has 167 valence electrons. The van der Waals surface area contributed by atoms with Gasteiger partial charge in [0.05, 0.1) is 12.0 Å². The molecule has 0 saturated heterocycles. The van der Waals surface area contributed by atoms with Crippen LogP contribution in [0.3, 0.4) is 0 Å². The van der Waals surface area contributed by atoms with Crippen LogP contribution in [0.15, 0.2) is 97.3 Å². The average molecular weight is 620 g/mol. The number of aryl methyl sites for hydroxylation is 1. The van der Waals surface area contributed by atoms with Crippen LogP contribution in [0.5, 0.6) is 0 Å². The van der Waals surface area contributed by atoms with Gasteiger partial charge in [-0.05, 0) is 27.1 Å². The van der Waals surface area contributed by atoms with Gasteiger partial charge in [0.1, 0.15) is 5.82 Å².